The first-order valence-electron chi connectivity index (χ1n) is 6.09. The number of nitrogens with one attached hydrogen (secondary N) is 2. The van der Waals surface area contributed by atoms with E-state index in [-0.39, 0.29) is 6.04 Å². The average Bonchev–Trinajstić information content (AvgIpc) is 2.46. The summed E-state index contributed by atoms with van der Waals surface area (Å²) < 4.78 is 10.5. The molecule has 6 heteroatoms. The third-order valence-electron chi connectivity index (χ3n) is 3.23. The van der Waals surface area contributed by atoms with E-state index < -0.39 is 12.0 Å². The van der Waals surface area contributed by atoms with Crippen LogP contribution in [0, 0.1) is 0 Å². The molecule has 0 aliphatic carbocycles. The Bertz CT molecular complexity index is 464. The Kier molecular flexibility index (Phi) is 4.24. The molecule has 0 aromatic heterocycles. The highest BCUT2D eigenvalue weighted by Gasteiger charge is 2.33. The lowest BCUT2D eigenvalue weighted by molar-refractivity contribution is -0.140. The molecule has 6 nitrogen and oxygen atoms in total. The van der Waals surface area contributed by atoms with Gasteiger partial charge in [-0.1, -0.05) is 0 Å². The number of carbonyl (C=O) groups is 1. The van der Waals surface area contributed by atoms with Gasteiger partial charge < -0.3 is 25.2 Å². The zero-order valence-corrected chi connectivity index (χ0v) is 11.0. The summed E-state index contributed by atoms with van der Waals surface area (Å²) in [5.74, 6) is 0.415. The van der Waals surface area contributed by atoms with Crippen molar-refractivity contribution >= 4 is 5.97 Å². The van der Waals surface area contributed by atoms with Gasteiger partial charge in [0.1, 0.15) is 17.5 Å². The minimum atomic E-state index is -0.880. The first-order chi connectivity index (χ1) is 9.17. The predicted octanol–water partition coefficient (Wildman–Crippen LogP) is 0.391. The number of methoxy groups -OCH3 is 2. The zero-order chi connectivity index (χ0) is 13.8. The molecule has 1 aromatic carbocycles. The highest BCUT2D eigenvalue weighted by molar-refractivity contribution is 5.75. The van der Waals surface area contributed by atoms with Gasteiger partial charge in [0.05, 0.1) is 20.3 Å². The Labute approximate surface area is 111 Å². The molecule has 19 heavy (non-hydrogen) atoms. The monoisotopic (exact) mass is 266 g/mol. The maximum atomic E-state index is 11.3. The van der Waals surface area contributed by atoms with E-state index in [9.17, 15) is 9.90 Å². The quantitative estimate of drug-likeness (QED) is 0.731. The fourth-order valence-corrected chi connectivity index (χ4v) is 2.29. The van der Waals surface area contributed by atoms with Crippen molar-refractivity contribution < 1.29 is 19.4 Å². The summed E-state index contributed by atoms with van der Waals surface area (Å²) in [5, 5.41) is 15.5. The first-order valence-corrected chi connectivity index (χ1v) is 6.09. The number of aliphatic carboxylic acids is 1. The smallest absolute Gasteiger partial charge is 0.322 e. The van der Waals surface area contributed by atoms with Crippen LogP contribution in [-0.4, -0.2) is 44.4 Å². The molecular formula is C13H18N2O4. The summed E-state index contributed by atoms with van der Waals surface area (Å²) in [6, 6.07) is 4.39. The molecule has 2 rings (SSSR count). The molecule has 0 amide bonds. The van der Waals surface area contributed by atoms with Gasteiger partial charge in [-0.15, -0.1) is 0 Å². The topological polar surface area (TPSA) is 79.8 Å². The minimum Gasteiger partial charge on any atom is -0.497 e. The van der Waals surface area contributed by atoms with Crippen molar-refractivity contribution in [2.24, 2.45) is 0 Å². The fraction of sp³-hybridized carbons (Fsp3) is 0.462. The average molecular weight is 266 g/mol. The minimum absolute atomic E-state index is 0.327. The number of hydrogen-bond donors (Lipinski definition) is 3. The Hall–Kier alpha value is -1.79. The second-order valence-electron chi connectivity index (χ2n) is 4.31. The van der Waals surface area contributed by atoms with Crippen LogP contribution in [0.4, 0.5) is 0 Å². The lowest BCUT2D eigenvalue weighted by Crippen LogP contribution is -2.54. The highest BCUT2D eigenvalue weighted by Crippen LogP contribution is 2.31. The van der Waals surface area contributed by atoms with Crippen LogP contribution >= 0.6 is 0 Å². The number of carboxylic acid groups (broad SMARTS) is 1. The molecule has 3 N–H and O–H groups in total. The summed E-state index contributed by atoms with van der Waals surface area (Å²) in [6.45, 7) is 1.34. The van der Waals surface area contributed by atoms with Crippen molar-refractivity contribution in [1.82, 2.24) is 10.6 Å². The van der Waals surface area contributed by atoms with Crippen LogP contribution in [0.25, 0.3) is 0 Å². The van der Waals surface area contributed by atoms with Crippen molar-refractivity contribution in [3.63, 3.8) is 0 Å². The maximum absolute atomic E-state index is 11.3. The Morgan fingerprint density at radius 1 is 1.26 bits per heavy atom. The van der Waals surface area contributed by atoms with Gasteiger partial charge in [0.15, 0.2) is 0 Å². The van der Waals surface area contributed by atoms with E-state index in [0.717, 1.165) is 5.56 Å². The summed E-state index contributed by atoms with van der Waals surface area (Å²) >= 11 is 0. The van der Waals surface area contributed by atoms with Crippen molar-refractivity contribution in [3.05, 3.63) is 23.8 Å². The van der Waals surface area contributed by atoms with Gasteiger partial charge in [0, 0.05) is 24.7 Å². The van der Waals surface area contributed by atoms with E-state index in [1.54, 1.807) is 26.4 Å². The second kappa shape index (κ2) is 5.90. The van der Waals surface area contributed by atoms with E-state index in [1.807, 2.05) is 6.07 Å². The molecule has 0 radical (unpaired) electrons. The van der Waals surface area contributed by atoms with Crippen LogP contribution in [0.2, 0.25) is 0 Å². The summed E-state index contributed by atoms with van der Waals surface area (Å²) in [6.07, 6.45) is 0. The van der Waals surface area contributed by atoms with Crippen molar-refractivity contribution in [1.29, 1.82) is 0 Å². The molecule has 2 atom stereocenters. The van der Waals surface area contributed by atoms with Crippen LogP contribution < -0.4 is 20.1 Å². The largest absolute Gasteiger partial charge is 0.497 e. The zero-order valence-electron chi connectivity index (χ0n) is 11.0. The molecule has 1 fully saturated rings. The molecule has 1 aliphatic rings. The van der Waals surface area contributed by atoms with E-state index in [2.05, 4.69) is 10.6 Å². The molecule has 1 aliphatic heterocycles. The molecule has 0 saturated carbocycles. The summed E-state index contributed by atoms with van der Waals surface area (Å²) in [7, 11) is 3.14. The second-order valence-corrected chi connectivity index (χ2v) is 4.31. The summed E-state index contributed by atoms with van der Waals surface area (Å²) in [4.78, 5) is 11.3. The molecule has 0 spiro atoms. The third kappa shape index (κ3) is 2.80. The highest BCUT2D eigenvalue weighted by atomic mass is 16.5. The van der Waals surface area contributed by atoms with Crippen molar-refractivity contribution in [2.45, 2.75) is 12.1 Å². The lowest BCUT2D eigenvalue weighted by Gasteiger charge is -2.32. The number of piperazine rings is 1. The molecular weight excluding hydrogens is 248 g/mol. The molecule has 2 unspecified atom stereocenters. The van der Waals surface area contributed by atoms with Gasteiger partial charge in [-0.3, -0.25) is 4.79 Å². The molecule has 1 aromatic rings. The van der Waals surface area contributed by atoms with Crippen LogP contribution in [0.1, 0.15) is 11.6 Å². The molecule has 1 saturated heterocycles. The van der Waals surface area contributed by atoms with Gasteiger partial charge in [-0.05, 0) is 12.1 Å². The number of rotatable bonds is 4. The maximum Gasteiger partial charge on any atom is 0.322 e. The van der Waals surface area contributed by atoms with Gasteiger partial charge in [0.2, 0.25) is 0 Å². The SMILES string of the molecule is COc1ccc(C2NCCNC2C(=O)O)c(OC)c1. The van der Waals surface area contributed by atoms with Gasteiger partial charge in [-0.2, -0.15) is 0 Å². The molecule has 104 valence electrons. The van der Waals surface area contributed by atoms with Crippen molar-refractivity contribution in [3.8, 4) is 11.5 Å². The number of ether oxygens (including phenoxy) is 2. The van der Waals surface area contributed by atoms with Crippen molar-refractivity contribution in [2.75, 3.05) is 27.3 Å². The summed E-state index contributed by atoms with van der Waals surface area (Å²) in [5.41, 5.74) is 0.808. The molecule has 0 bridgehead atoms. The van der Waals surface area contributed by atoms with E-state index in [0.29, 0.717) is 24.6 Å². The van der Waals surface area contributed by atoms with E-state index >= 15 is 0 Å². The Morgan fingerprint density at radius 2 is 2.00 bits per heavy atom. The van der Waals surface area contributed by atoms with Crippen LogP contribution in [0.5, 0.6) is 11.5 Å². The number of benzene rings is 1. The van der Waals surface area contributed by atoms with Crippen LogP contribution in [-0.2, 0) is 4.79 Å². The predicted molar refractivity (Wildman–Crippen MR) is 69.7 cm³/mol. The number of hydrogen-bond acceptors (Lipinski definition) is 5. The van der Waals surface area contributed by atoms with Crippen LogP contribution in [0.3, 0.4) is 0 Å². The van der Waals surface area contributed by atoms with Gasteiger partial charge in [-0.25, -0.2) is 0 Å². The third-order valence-corrected chi connectivity index (χ3v) is 3.23. The lowest BCUT2D eigenvalue weighted by atomic mass is 9.96. The van der Waals surface area contributed by atoms with E-state index in [1.165, 1.54) is 0 Å². The fourth-order valence-electron chi connectivity index (χ4n) is 2.29. The Morgan fingerprint density at radius 3 is 2.63 bits per heavy atom. The Balaban J connectivity index is 2.35. The number of carboxylic acids is 1. The van der Waals surface area contributed by atoms with Crippen LogP contribution in [0.15, 0.2) is 18.2 Å². The van der Waals surface area contributed by atoms with E-state index in [4.69, 9.17) is 9.47 Å². The first kappa shape index (κ1) is 13.6. The normalized spacial score (nSPS) is 22.8. The van der Waals surface area contributed by atoms with Gasteiger partial charge in [0.25, 0.3) is 0 Å². The standard InChI is InChI=1S/C13H18N2O4/c1-18-8-3-4-9(10(7-8)19-2)11-12(13(16)17)15-6-5-14-11/h3-4,7,11-12,14-15H,5-6H2,1-2H3,(H,16,17). The van der Waals surface area contributed by atoms with Gasteiger partial charge >= 0.3 is 5.97 Å². The molecule has 1 heterocycles.